The molecule has 0 spiro atoms. The van der Waals surface area contributed by atoms with Crippen molar-refractivity contribution in [2.75, 3.05) is 29.9 Å². The van der Waals surface area contributed by atoms with Gasteiger partial charge in [-0.15, -0.1) is 0 Å². The fourth-order valence-electron chi connectivity index (χ4n) is 3.70. The maximum absolute atomic E-state index is 7.04. The van der Waals surface area contributed by atoms with E-state index in [-0.39, 0.29) is 6.04 Å². The lowest BCUT2D eigenvalue weighted by molar-refractivity contribution is 0.0899. The van der Waals surface area contributed by atoms with Crippen LogP contribution in [-0.2, 0) is 11.5 Å². The predicted octanol–water partition coefficient (Wildman–Crippen LogP) is 4.38. The molecule has 31 heavy (non-hydrogen) atoms. The Hall–Kier alpha value is -2.96. The second-order valence-electron chi connectivity index (χ2n) is 9.16. The largest absolute Gasteiger partial charge is 0.366 e. The normalized spacial score (nSPS) is 16.6. The van der Waals surface area contributed by atoms with Crippen LogP contribution in [-0.4, -0.2) is 53.3 Å². The zero-order valence-electron chi connectivity index (χ0n) is 18.4. The Labute approximate surface area is 184 Å². The number of fused-ring (bicyclic) bond motifs is 1. The van der Waals surface area contributed by atoms with E-state index < -0.39 is 8.07 Å². The summed E-state index contributed by atoms with van der Waals surface area (Å²) in [5.41, 5.74) is 1.46. The van der Waals surface area contributed by atoms with Gasteiger partial charge in [0, 0.05) is 46.2 Å². The van der Waals surface area contributed by atoms with Crippen molar-refractivity contribution in [3.8, 4) is 0 Å². The van der Waals surface area contributed by atoms with Crippen LogP contribution < -0.4 is 10.2 Å². The van der Waals surface area contributed by atoms with Crippen LogP contribution in [0.1, 0.15) is 6.42 Å². The highest BCUT2D eigenvalue weighted by Crippen LogP contribution is 2.28. The average Bonchev–Trinajstić information content (AvgIpc) is 3.38. The topological polar surface area (TPSA) is 72.5 Å². The summed E-state index contributed by atoms with van der Waals surface area (Å²) in [7, 11) is -1.09. The first-order valence-electron chi connectivity index (χ1n) is 10.7. The van der Waals surface area contributed by atoms with Crippen LogP contribution in [0.15, 0.2) is 36.9 Å². The molecule has 0 radical (unpaired) electrons. The molecule has 0 unspecified atom stereocenters. The zero-order chi connectivity index (χ0) is 21.8. The van der Waals surface area contributed by atoms with Gasteiger partial charge < -0.3 is 19.5 Å². The Bertz CT molecular complexity index is 1070. The van der Waals surface area contributed by atoms with Gasteiger partial charge >= 0.3 is 0 Å². The van der Waals surface area contributed by atoms with E-state index in [0.717, 1.165) is 54.8 Å². The lowest BCUT2D eigenvalue weighted by atomic mass is 10.2. The maximum atomic E-state index is 7.04. The van der Waals surface area contributed by atoms with Gasteiger partial charge in [0.25, 0.3) is 0 Å². The number of nitrogens with zero attached hydrogens (tertiary/aromatic N) is 6. The van der Waals surface area contributed by atoms with Gasteiger partial charge in [-0.25, -0.2) is 14.8 Å². The molecule has 1 atom stereocenters. The standard InChI is InChI=1S/C22H29N7OSi/c1-23-17-5-6-20(24-13-17)27-18-7-9-28(14-18)21-19-8-10-29(22(19)26-15-25-21)16-30-11-12-31(2,3)4/h5-6,8,10,13,15,18H,7,9,11-12,14,16H2,2-4H3,(H,24,27)/t18-/m1/s1. The van der Waals surface area contributed by atoms with Gasteiger partial charge in [0.1, 0.15) is 30.3 Å². The molecular weight excluding hydrogens is 406 g/mol. The summed E-state index contributed by atoms with van der Waals surface area (Å²) >= 11 is 0. The third-order valence-corrected chi connectivity index (χ3v) is 7.18. The molecule has 0 saturated carbocycles. The highest BCUT2D eigenvalue weighted by Gasteiger charge is 2.25. The zero-order valence-corrected chi connectivity index (χ0v) is 19.4. The van der Waals surface area contributed by atoms with Gasteiger partial charge in [0.05, 0.1) is 12.0 Å². The summed E-state index contributed by atoms with van der Waals surface area (Å²) in [6, 6.07) is 7.17. The highest BCUT2D eigenvalue weighted by atomic mass is 28.3. The Morgan fingerprint density at radius 1 is 1.23 bits per heavy atom. The Kier molecular flexibility index (Phi) is 6.20. The van der Waals surface area contributed by atoms with Gasteiger partial charge in [0.15, 0.2) is 0 Å². The molecule has 1 aliphatic rings. The minimum Gasteiger partial charge on any atom is -0.366 e. The van der Waals surface area contributed by atoms with Crippen molar-refractivity contribution < 1.29 is 4.74 Å². The van der Waals surface area contributed by atoms with E-state index in [1.54, 1.807) is 18.6 Å². The minimum atomic E-state index is -1.09. The molecule has 3 aromatic rings. The summed E-state index contributed by atoms with van der Waals surface area (Å²) in [5.74, 6) is 1.76. The summed E-state index contributed by atoms with van der Waals surface area (Å²) < 4.78 is 7.97. The monoisotopic (exact) mass is 435 g/mol. The van der Waals surface area contributed by atoms with Crippen molar-refractivity contribution >= 4 is 36.4 Å². The van der Waals surface area contributed by atoms with Crippen LogP contribution in [0, 0.1) is 6.57 Å². The first kappa shape index (κ1) is 21.3. The highest BCUT2D eigenvalue weighted by molar-refractivity contribution is 6.76. The number of anilines is 2. The lowest BCUT2D eigenvalue weighted by Crippen LogP contribution is -2.27. The first-order chi connectivity index (χ1) is 14.9. The van der Waals surface area contributed by atoms with E-state index in [1.165, 1.54) is 0 Å². The SMILES string of the molecule is [C-]#[N+]c1ccc(N[C@@H]2CCN(c3ncnc4c3ccn4COCC[Si](C)(C)C)C2)nc1. The van der Waals surface area contributed by atoms with Gasteiger partial charge in [-0.2, -0.15) is 0 Å². The lowest BCUT2D eigenvalue weighted by Gasteiger charge is -2.19. The van der Waals surface area contributed by atoms with Crippen molar-refractivity contribution in [1.82, 2.24) is 19.5 Å². The molecular formula is C22H29N7OSi. The Balaban J connectivity index is 1.40. The number of pyridine rings is 1. The van der Waals surface area contributed by atoms with Crippen LogP contribution >= 0.6 is 0 Å². The van der Waals surface area contributed by atoms with Crippen molar-refractivity contribution in [1.29, 1.82) is 0 Å². The van der Waals surface area contributed by atoms with Crippen LogP contribution in [0.2, 0.25) is 25.7 Å². The van der Waals surface area contributed by atoms with Crippen molar-refractivity contribution in [2.24, 2.45) is 0 Å². The Morgan fingerprint density at radius 3 is 2.84 bits per heavy atom. The summed E-state index contributed by atoms with van der Waals surface area (Å²) in [6.07, 6.45) is 6.27. The van der Waals surface area contributed by atoms with Gasteiger partial charge in [0.2, 0.25) is 5.69 Å². The molecule has 162 valence electrons. The fourth-order valence-corrected chi connectivity index (χ4v) is 4.46. The second-order valence-corrected chi connectivity index (χ2v) is 14.8. The molecule has 4 heterocycles. The van der Waals surface area contributed by atoms with Crippen molar-refractivity contribution in [3.05, 3.63) is 48.3 Å². The number of aromatic nitrogens is 4. The third-order valence-electron chi connectivity index (χ3n) is 5.48. The maximum Gasteiger partial charge on any atom is 0.205 e. The molecule has 1 aliphatic heterocycles. The molecule has 9 heteroatoms. The number of hydrogen-bond acceptors (Lipinski definition) is 6. The molecule has 0 aliphatic carbocycles. The molecule has 0 aromatic carbocycles. The van der Waals surface area contributed by atoms with E-state index in [0.29, 0.717) is 12.4 Å². The molecule has 0 bridgehead atoms. The predicted molar refractivity (Wildman–Crippen MR) is 126 cm³/mol. The van der Waals surface area contributed by atoms with Crippen LogP contribution in [0.5, 0.6) is 0 Å². The van der Waals surface area contributed by atoms with Crippen molar-refractivity contribution in [3.63, 3.8) is 0 Å². The average molecular weight is 436 g/mol. The molecule has 1 N–H and O–H groups in total. The first-order valence-corrected chi connectivity index (χ1v) is 14.4. The minimum absolute atomic E-state index is 0.281. The summed E-state index contributed by atoms with van der Waals surface area (Å²) in [5, 5.41) is 4.52. The molecule has 0 amide bonds. The number of hydrogen-bond donors (Lipinski definition) is 1. The molecule has 4 rings (SSSR count). The molecule has 3 aromatic heterocycles. The van der Waals surface area contributed by atoms with Crippen molar-refractivity contribution in [2.45, 2.75) is 44.9 Å². The second kappa shape index (κ2) is 9.04. The van der Waals surface area contributed by atoms with E-state index >= 15 is 0 Å². The third kappa shape index (κ3) is 5.21. The molecule has 8 nitrogen and oxygen atoms in total. The van der Waals surface area contributed by atoms with Gasteiger partial charge in [-0.1, -0.05) is 25.7 Å². The van der Waals surface area contributed by atoms with Crippen LogP contribution in [0.4, 0.5) is 17.3 Å². The number of rotatable bonds is 8. The van der Waals surface area contributed by atoms with E-state index in [2.05, 4.69) is 60.3 Å². The summed E-state index contributed by atoms with van der Waals surface area (Å²) in [4.78, 5) is 19.1. The smallest absolute Gasteiger partial charge is 0.205 e. The molecule has 1 saturated heterocycles. The number of ether oxygens (including phenoxy) is 1. The van der Waals surface area contributed by atoms with E-state index in [9.17, 15) is 0 Å². The van der Waals surface area contributed by atoms with Gasteiger partial charge in [-0.3, -0.25) is 4.98 Å². The van der Waals surface area contributed by atoms with Crippen LogP contribution in [0.3, 0.4) is 0 Å². The van der Waals surface area contributed by atoms with Gasteiger partial charge in [-0.05, 0) is 24.6 Å². The van der Waals surface area contributed by atoms with E-state index in [4.69, 9.17) is 11.3 Å². The summed E-state index contributed by atoms with van der Waals surface area (Å²) in [6.45, 7) is 17.2. The number of nitrogens with one attached hydrogen (secondary N) is 1. The molecule has 1 fully saturated rings. The van der Waals surface area contributed by atoms with E-state index in [1.807, 2.05) is 12.3 Å². The Morgan fingerprint density at radius 2 is 2.10 bits per heavy atom. The fraction of sp³-hybridized carbons (Fsp3) is 0.455. The quantitative estimate of drug-likeness (QED) is 0.322. The van der Waals surface area contributed by atoms with Crippen LogP contribution in [0.25, 0.3) is 15.9 Å².